The van der Waals surface area contributed by atoms with E-state index in [4.69, 9.17) is 4.84 Å². The lowest BCUT2D eigenvalue weighted by Crippen LogP contribution is -2.18. The van der Waals surface area contributed by atoms with Crippen LogP contribution >= 0.6 is 27.3 Å². The van der Waals surface area contributed by atoms with E-state index in [9.17, 15) is 9.18 Å². The van der Waals surface area contributed by atoms with Gasteiger partial charge in [0.1, 0.15) is 5.82 Å². The van der Waals surface area contributed by atoms with Gasteiger partial charge in [0, 0.05) is 21.5 Å². The van der Waals surface area contributed by atoms with Crippen LogP contribution in [0.5, 0.6) is 0 Å². The fourth-order valence-electron chi connectivity index (χ4n) is 3.20. The zero-order valence-electron chi connectivity index (χ0n) is 15.5. The zero-order chi connectivity index (χ0) is 20.2. The van der Waals surface area contributed by atoms with Crippen LogP contribution in [0.25, 0.3) is 11.3 Å². The number of halogens is 2. The van der Waals surface area contributed by atoms with Gasteiger partial charge in [-0.05, 0) is 37.1 Å². The van der Waals surface area contributed by atoms with Crippen molar-refractivity contribution in [3.05, 3.63) is 63.7 Å². The number of hydrogen-bond donors (Lipinski definition) is 2. The van der Waals surface area contributed by atoms with E-state index < -0.39 is 5.82 Å². The Morgan fingerprint density at radius 3 is 2.69 bits per heavy atom. The minimum absolute atomic E-state index is 0.0848. The molecule has 2 aromatic carbocycles. The van der Waals surface area contributed by atoms with Crippen molar-refractivity contribution in [2.24, 2.45) is 0 Å². The Balaban J connectivity index is 1.47. The van der Waals surface area contributed by atoms with Crippen LogP contribution in [-0.2, 0) is 4.84 Å². The third-order valence-corrected chi connectivity index (χ3v) is 6.02. The number of carbonyl (C=O) groups is 1. The lowest BCUT2D eigenvalue weighted by atomic mass is 10.1. The Morgan fingerprint density at radius 2 is 1.93 bits per heavy atom. The molecule has 29 heavy (non-hydrogen) atoms. The molecule has 1 aliphatic rings. The molecule has 1 fully saturated rings. The predicted octanol–water partition coefficient (Wildman–Crippen LogP) is 6.25. The molecule has 150 valence electrons. The van der Waals surface area contributed by atoms with Gasteiger partial charge in [-0.1, -0.05) is 40.9 Å². The molecule has 0 unspecified atom stereocenters. The first-order chi connectivity index (χ1) is 14.1. The first-order valence-corrected chi connectivity index (χ1v) is 11.0. The predicted molar refractivity (Wildman–Crippen MR) is 117 cm³/mol. The second-order valence-electron chi connectivity index (χ2n) is 6.82. The van der Waals surface area contributed by atoms with Crippen LogP contribution in [0, 0.1) is 5.82 Å². The van der Waals surface area contributed by atoms with E-state index >= 15 is 0 Å². The molecule has 0 aliphatic heterocycles. The van der Waals surface area contributed by atoms with Gasteiger partial charge in [0.25, 0.3) is 5.91 Å². The minimum atomic E-state index is -0.439. The average molecular weight is 476 g/mol. The van der Waals surface area contributed by atoms with E-state index in [0.717, 1.165) is 41.4 Å². The van der Waals surface area contributed by atoms with Crippen molar-refractivity contribution in [1.82, 2.24) is 4.98 Å². The monoisotopic (exact) mass is 475 g/mol. The largest absolute Gasteiger partial charge is 0.298 e. The molecule has 0 bridgehead atoms. The van der Waals surface area contributed by atoms with Gasteiger partial charge >= 0.3 is 0 Å². The summed E-state index contributed by atoms with van der Waals surface area (Å²) in [5.74, 6) is -0.815. The van der Waals surface area contributed by atoms with Crippen LogP contribution in [0.1, 0.15) is 36.0 Å². The van der Waals surface area contributed by atoms with Crippen LogP contribution in [-0.4, -0.2) is 17.0 Å². The highest BCUT2D eigenvalue weighted by atomic mass is 79.9. The third-order valence-electron chi connectivity index (χ3n) is 4.73. The van der Waals surface area contributed by atoms with Crippen molar-refractivity contribution in [3.8, 4) is 11.3 Å². The smallest absolute Gasteiger partial charge is 0.259 e. The number of hydrogen-bond acceptors (Lipinski definition) is 5. The number of nitrogens with zero attached hydrogens (tertiary/aromatic N) is 1. The molecule has 1 aromatic heterocycles. The number of rotatable bonds is 6. The van der Waals surface area contributed by atoms with Crippen molar-refractivity contribution >= 4 is 44.0 Å². The molecule has 0 saturated heterocycles. The molecule has 3 aromatic rings. The molecule has 4 rings (SSSR count). The molecule has 8 heteroatoms. The molecule has 1 aliphatic carbocycles. The van der Waals surface area contributed by atoms with Crippen molar-refractivity contribution < 1.29 is 14.0 Å². The molecule has 5 nitrogen and oxygen atoms in total. The quantitative estimate of drug-likeness (QED) is 0.413. The normalized spacial score (nSPS) is 14.1. The van der Waals surface area contributed by atoms with Crippen LogP contribution in [0.3, 0.4) is 0 Å². The molecule has 0 atom stereocenters. The fourth-order valence-corrected chi connectivity index (χ4v) is 4.18. The number of nitrogens with one attached hydrogen (secondary N) is 2. The Hall–Kier alpha value is -2.29. The summed E-state index contributed by atoms with van der Waals surface area (Å²) in [6, 6.07) is 11.7. The van der Waals surface area contributed by atoms with E-state index in [1.165, 1.54) is 29.5 Å². The van der Waals surface area contributed by atoms with Crippen molar-refractivity contribution in [3.63, 3.8) is 0 Å². The van der Waals surface area contributed by atoms with Gasteiger partial charge in [0.2, 0.25) is 0 Å². The number of carbonyl (C=O) groups excluding carboxylic acids is 1. The molecule has 2 N–H and O–H groups in total. The lowest BCUT2D eigenvalue weighted by molar-refractivity contribution is 0.0998. The second kappa shape index (κ2) is 9.02. The summed E-state index contributed by atoms with van der Waals surface area (Å²) in [6.45, 7) is 0. The van der Waals surface area contributed by atoms with Gasteiger partial charge in [0.05, 0.1) is 23.0 Å². The van der Waals surface area contributed by atoms with Gasteiger partial charge in [-0.2, -0.15) is 0 Å². The highest BCUT2D eigenvalue weighted by molar-refractivity contribution is 9.10. The number of amides is 1. The van der Waals surface area contributed by atoms with E-state index in [2.05, 4.69) is 31.7 Å². The Morgan fingerprint density at radius 1 is 1.17 bits per heavy atom. The summed E-state index contributed by atoms with van der Waals surface area (Å²) in [5.41, 5.74) is 5.11. The summed E-state index contributed by atoms with van der Waals surface area (Å²) in [4.78, 5) is 22.9. The first kappa shape index (κ1) is 20.0. The first-order valence-electron chi connectivity index (χ1n) is 9.32. The summed E-state index contributed by atoms with van der Waals surface area (Å²) in [7, 11) is 0. The van der Waals surface area contributed by atoms with Gasteiger partial charge in [-0.3, -0.25) is 20.4 Å². The van der Waals surface area contributed by atoms with Crippen molar-refractivity contribution in [1.29, 1.82) is 0 Å². The van der Waals surface area contributed by atoms with Crippen LogP contribution in [0.2, 0.25) is 0 Å². The zero-order valence-corrected chi connectivity index (χ0v) is 17.9. The van der Waals surface area contributed by atoms with E-state index in [-0.39, 0.29) is 12.0 Å². The standard InChI is InChI=1S/C21H19BrFN3O2S/c22-14-7-5-13(6-8-14)19-12-29-21(24-19)25-20(27)17-10-9-15(23)11-18(17)26-28-16-3-1-2-4-16/h5-12,16,26H,1-4H2,(H,24,25,27). The lowest BCUT2D eigenvalue weighted by Gasteiger charge is -2.15. The van der Waals surface area contributed by atoms with Gasteiger partial charge < -0.3 is 0 Å². The maximum Gasteiger partial charge on any atom is 0.259 e. The molecule has 0 radical (unpaired) electrons. The Labute approximate surface area is 180 Å². The maximum absolute atomic E-state index is 13.7. The fraction of sp³-hybridized carbons (Fsp3) is 0.238. The van der Waals surface area contributed by atoms with Crippen molar-refractivity contribution in [2.45, 2.75) is 31.8 Å². The SMILES string of the molecule is O=C(Nc1nc(-c2ccc(Br)cc2)cs1)c1ccc(F)cc1NOC1CCCC1. The van der Waals surface area contributed by atoms with Crippen LogP contribution in [0.4, 0.5) is 15.2 Å². The summed E-state index contributed by atoms with van der Waals surface area (Å²) in [5, 5.41) is 5.14. The minimum Gasteiger partial charge on any atom is -0.298 e. The summed E-state index contributed by atoms with van der Waals surface area (Å²) < 4.78 is 14.7. The second-order valence-corrected chi connectivity index (χ2v) is 8.59. The van der Waals surface area contributed by atoms with Crippen LogP contribution < -0.4 is 10.8 Å². The van der Waals surface area contributed by atoms with Gasteiger partial charge in [-0.15, -0.1) is 11.3 Å². The topological polar surface area (TPSA) is 63.2 Å². The molecule has 1 heterocycles. The van der Waals surface area contributed by atoms with Crippen LogP contribution in [0.15, 0.2) is 52.3 Å². The molecular formula is C21H19BrFN3O2S. The van der Waals surface area contributed by atoms with E-state index in [1.54, 1.807) is 0 Å². The molecule has 1 saturated carbocycles. The van der Waals surface area contributed by atoms with Crippen molar-refractivity contribution in [2.75, 3.05) is 10.8 Å². The van der Waals surface area contributed by atoms with E-state index in [0.29, 0.717) is 16.4 Å². The number of thiazole rings is 1. The van der Waals surface area contributed by atoms with Gasteiger partial charge in [0.15, 0.2) is 5.13 Å². The average Bonchev–Trinajstić information content (AvgIpc) is 3.39. The summed E-state index contributed by atoms with van der Waals surface area (Å²) in [6.07, 6.45) is 4.24. The molecular weight excluding hydrogens is 457 g/mol. The Kier molecular flexibility index (Phi) is 6.22. The van der Waals surface area contributed by atoms with Gasteiger partial charge in [-0.25, -0.2) is 9.37 Å². The number of benzene rings is 2. The highest BCUT2D eigenvalue weighted by Crippen LogP contribution is 2.28. The highest BCUT2D eigenvalue weighted by Gasteiger charge is 2.19. The van der Waals surface area contributed by atoms with E-state index in [1.807, 2.05) is 29.6 Å². The summed E-state index contributed by atoms with van der Waals surface area (Å²) >= 11 is 4.74. The number of anilines is 2. The third kappa shape index (κ3) is 5.01. The Bertz CT molecular complexity index is 1000. The number of aromatic nitrogens is 1. The molecule has 0 spiro atoms. The molecule has 1 amide bonds. The maximum atomic E-state index is 13.7.